The molecule has 17 heavy (non-hydrogen) atoms. The molecule has 1 aliphatic carbocycles. The van der Waals surface area contributed by atoms with Crippen molar-refractivity contribution in [3.05, 3.63) is 17.5 Å². The normalized spacial score (nSPS) is 16.1. The van der Waals surface area contributed by atoms with Crippen LogP contribution in [-0.2, 0) is 7.05 Å². The molecule has 1 heterocycles. The second kappa shape index (κ2) is 4.57. The monoisotopic (exact) mass is 237 g/mol. The number of carbonyl (C=O) groups is 2. The zero-order valence-corrected chi connectivity index (χ0v) is 9.64. The molecule has 0 aliphatic heterocycles. The molecule has 6 nitrogen and oxygen atoms in total. The predicted molar refractivity (Wildman–Crippen MR) is 59.9 cm³/mol. The van der Waals surface area contributed by atoms with Gasteiger partial charge >= 0.3 is 5.97 Å². The van der Waals surface area contributed by atoms with Crippen LogP contribution in [0.1, 0.15) is 46.5 Å². The van der Waals surface area contributed by atoms with E-state index in [2.05, 4.69) is 10.4 Å². The maximum absolute atomic E-state index is 11.9. The van der Waals surface area contributed by atoms with E-state index >= 15 is 0 Å². The molecule has 2 rings (SSSR count). The van der Waals surface area contributed by atoms with Gasteiger partial charge in [0.25, 0.3) is 5.91 Å². The number of aromatic carboxylic acids is 1. The summed E-state index contributed by atoms with van der Waals surface area (Å²) < 4.78 is 1.20. The Hall–Kier alpha value is -1.85. The number of carboxylic acids is 1. The second-order valence-corrected chi connectivity index (χ2v) is 4.29. The Morgan fingerprint density at radius 1 is 1.47 bits per heavy atom. The van der Waals surface area contributed by atoms with Crippen LogP contribution in [0.15, 0.2) is 6.20 Å². The number of hydrogen-bond donors (Lipinski definition) is 2. The van der Waals surface area contributed by atoms with Crippen molar-refractivity contribution in [2.75, 3.05) is 0 Å². The number of carbonyl (C=O) groups excluding carboxylic acids is 1. The average molecular weight is 237 g/mol. The predicted octanol–water partition coefficient (Wildman–Crippen LogP) is 0.791. The third-order valence-electron chi connectivity index (χ3n) is 3.08. The van der Waals surface area contributed by atoms with Crippen LogP contribution >= 0.6 is 0 Å². The number of rotatable bonds is 3. The summed E-state index contributed by atoms with van der Waals surface area (Å²) in [5.41, 5.74) is 0.0624. The van der Waals surface area contributed by atoms with E-state index in [0.29, 0.717) is 0 Å². The summed E-state index contributed by atoms with van der Waals surface area (Å²) in [5.74, 6) is -1.48. The summed E-state index contributed by atoms with van der Waals surface area (Å²) in [6.45, 7) is 0. The maximum Gasteiger partial charge on any atom is 0.354 e. The Kier molecular flexibility index (Phi) is 3.12. The molecule has 1 saturated carbocycles. The Morgan fingerprint density at radius 2 is 2.12 bits per heavy atom. The van der Waals surface area contributed by atoms with Crippen molar-refractivity contribution in [1.82, 2.24) is 15.1 Å². The van der Waals surface area contributed by atoms with Gasteiger partial charge < -0.3 is 10.4 Å². The number of amides is 1. The van der Waals surface area contributed by atoms with Gasteiger partial charge in [0.2, 0.25) is 0 Å². The summed E-state index contributed by atoms with van der Waals surface area (Å²) in [5, 5.41) is 15.7. The molecule has 2 N–H and O–H groups in total. The van der Waals surface area contributed by atoms with Gasteiger partial charge in [0.15, 0.2) is 5.69 Å². The van der Waals surface area contributed by atoms with Crippen molar-refractivity contribution in [2.24, 2.45) is 7.05 Å². The van der Waals surface area contributed by atoms with Crippen molar-refractivity contribution in [3.8, 4) is 0 Å². The fraction of sp³-hybridized carbons (Fsp3) is 0.545. The Balaban J connectivity index is 2.15. The third-order valence-corrected chi connectivity index (χ3v) is 3.08. The summed E-state index contributed by atoms with van der Waals surface area (Å²) in [4.78, 5) is 22.9. The largest absolute Gasteiger partial charge is 0.477 e. The van der Waals surface area contributed by atoms with E-state index < -0.39 is 5.97 Å². The third kappa shape index (κ3) is 2.30. The maximum atomic E-state index is 11.9. The molecule has 0 unspecified atom stereocenters. The highest BCUT2D eigenvalue weighted by Gasteiger charge is 2.24. The fourth-order valence-corrected chi connectivity index (χ4v) is 2.19. The van der Waals surface area contributed by atoms with Crippen LogP contribution in [-0.4, -0.2) is 32.8 Å². The lowest BCUT2D eigenvalue weighted by molar-refractivity contribution is 0.0678. The molecule has 0 spiro atoms. The summed E-state index contributed by atoms with van der Waals surface area (Å²) in [6.07, 6.45) is 5.46. The quantitative estimate of drug-likeness (QED) is 0.814. The van der Waals surface area contributed by atoms with Crippen molar-refractivity contribution >= 4 is 11.9 Å². The van der Waals surface area contributed by atoms with E-state index in [1.54, 1.807) is 0 Å². The number of aryl methyl sites for hydroxylation is 1. The number of hydrogen-bond acceptors (Lipinski definition) is 3. The van der Waals surface area contributed by atoms with Crippen LogP contribution < -0.4 is 5.32 Å². The topological polar surface area (TPSA) is 84.2 Å². The summed E-state index contributed by atoms with van der Waals surface area (Å²) in [7, 11) is 1.51. The number of aromatic nitrogens is 2. The highest BCUT2D eigenvalue weighted by atomic mass is 16.4. The Morgan fingerprint density at radius 3 is 2.71 bits per heavy atom. The van der Waals surface area contributed by atoms with E-state index in [4.69, 9.17) is 5.11 Å². The molecular formula is C11H15N3O3. The van der Waals surface area contributed by atoms with Gasteiger partial charge in [0, 0.05) is 13.1 Å². The first-order valence-electron chi connectivity index (χ1n) is 5.65. The van der Waals surface area contributed by atoms with Crippen molar-refractivity contribution in [1.29, 1.82) is 0 Å². The molecule has 1 aromatic rings. The zero-order chi connectivity index (χ0) is 12.4. The van der Waals surface area contributed by atoms with Crippen molar-refractivity contribution in [2.45, 2.75) is 31.7 Å². The van der Waals surface area contributed by atoms with Gasteiger partial charge in [-0.15, -0.1) is 0 Å². The first kappa shape index (κ1) is 11.6. The van der Waals surface area contributed by atoms with Gasteiger partial charge in [-0.3, -0.25) is 9.48 Å². The van der Waals surface area contributed by atoms with Crippen molar-refractivity contribution in [3.63, 3.8) is 0 Å². The SMILES string of the molecule is Cn1ncc(C(=O)NC2CCCC2)c1C(=O)O. The minimum Gasteiger partial charge on any atom is -0.477 e. The summed E-state index contributed by atoms with van der Waals surface area (Å²) in [6, 6.07) is 0.171. The minimum absolute atomic E-state index is 0.0690. The highest BCUT2D eigenvalue weighted by molar-refractivity contribution is 6.03. The molecule has 0 radical (unpaired) electrons. The van der Waals surface area contributed by atoms with Crippen LogP contribution in [0.25, 0.3) is 0 Å². The van der Waals surface area contributed by atoms with Crippen LogP contribution in [0.3, 0.4) is 0 Å². The van der Waals surface area contributed by atoms with Crippen LogP contribution in [0, 0.1) is 0 Å². The number of nitrogens with zero attached hydrogens (tertiary/aromatic N) is 2. The van der Waals surface area contributed by atoms with Gasteiger partial charge in [-0.2, -0.15) is 5.10 Å². The van der Waals surface area contributed by atoms with Crippen LogP contribution in [0.2, 0.25) is 0 Å². The molecule has 1 aromatic heterocycles. The van der Waals surface area contributed by atoms with E-state index in [1.165, 1.54) is 17.9 Å². The van der Waals surface area contributed by atoms with Gasteiger partial charge in [-0.05, 0) is 12.8 Å². The molecule has 1 amide bonds. The lowest BCUT2D eigenvalue weighted by atomic mass is 10.2. The average Bonchev–Trinajstić information content (AvgIpc) is 2.86. The van der Waals surface area contributed by atoms with Gasteiger partial charge in [-0.1, -0.05) is 12.8 Å². The van der Waals surface area contributed by atoms with Crippen LogP contribution in [0.5, 0.6) is 0 Å². The molecule has 0 aromatic carbocycles. The van der Waals surface area contributed by atoms with Crippen LogP contribution in [0.4, 0.5) is 0 Å². The standard InChI is InChI=1S/C11H15N3O3/c1-14-9(11(16)17)8(6-12-14)10(15)13-7-4-2-3-5-7/h6-7H,2-5H2,1H3,(H,13,15)(H,16,17). The molecule has 0 bridgehead atoms. The number of carboxylic acid groups (broad SMARTS) is 1. The van der Waals surface area contributed by atoms with Gasteiger partial charge in [0.05, 0.1) is 11.8 Å². The van der Waals surface area contributed by atoms with Gasteiger partial charge in [-0.25, -0.2) is 4.79 Å². The second-order valence-electron chi connectivity index (χ2n) is 4.29. The smallest absolute Gasteiger partial charge is 0.354 e. The minimum atomic E-state index is -1.14. The van der Waals surface area contributed by atoms with E-state index in [0.717, 1.165) is 25.7 Å². The van der Waals surface area contributed by atoms with Gasteiger partial charge in [0.1, 0.15) is 0 Å². The highest BCUT2D eigenvalue weighted by Crippen LogP contribution is 2.18. The summed E-state index contributed by atoms with van der Waals surface area (Å²) >= 11 is 0. The Labute approximate surface area is 98.6 Å². The first-order chi connectivity index (χ1) is 8.09. The molecular weight excluding hydrogens is 222 g/mol. The molecule has 1 aliphatic rings. The first-order valence-corrected chi connectivity index (χ1v) is 5.65. The molecule has 0 saturated heterocycles. The zero-order valence-electron chi connectivity index (χ0n) is 9.64. The van der Waals surface area contributed by atoms with E-state index in [-0.39, 0.29) is 23.2 Å². The fourth-order valence-electron chi connectivity index (χ4n) is 2.19. The number of nitrogens with one attached hydrogen (secondary N) is 1. The lowest BCUT2D eigenvalue weighted by Crippen LogP contribution is -2.33. The van der Waals surface area contributed by atoms with Crippen molar-refractivity contribution < 1.29 is 14.7 Å². The Bertz CT molecular complexity index is 447. The molecule has 92 valence electrons. The molecule has 0 atom stereocenters. The van der Waals surface area contributed by atoms with E-state index in [9.17, 15) is 9.59 Å². The molecule has 1 fully saturated rings. The van der Waals surface area contributed by atoms with E-state index in [1.807, 2.05) is 0 Å². The lowest BCUT2D eigenvalue weighted by Gasteiger charge is -2.11. The molecule has 6 heteroatoms.